The predicted molar refractivity (Wildman–Crippen MR) is 121 cm³/mol. The van der Waals surface area contributed by atoms with Crippen LogP contribution in [-0.2, 0) is 14.3 Å². The number of anilines is 3. The summed E-state index contributed by atoms with van der Waals surface area (Å²) in [5.74, 6) is -1.69. The first-order valence-corrected chi connectivity index (χ1v) is 10.5. The number of nitrogens with one attached hydrogen (secondary N) is 4. The SMILES string of the molecule is CCOC(=O)c1c(NC(=O)CNc2cc(NC(C)=O)ccc2Cl)sc(C(=O)NC)c1C. The third-order valence-electron chi connectivity index (χ3n) is 4.04. The summed E-state index contributed by atoms with van der Waals surface area (Å²) >= 11 is 7.13. The molecule has 0 atom stereocenters. The van der Waals surface area contributed by atoms with Crippen molar-refractivity contribution in [3.8, 4) is 0 Å². The summed E-state index contributed by atoms with van der Waals surface area (Å²) in [6, 6.07) is 4.82. The molecule has 0 aliphatic carbocycles. The number of amides is 3. The first kappa shape index (κ1) is 24.2. The third kappa shape index (κ3) is 6.19. The van der Waals surface area contributed by atoms with Gasteiger partial charge in [0, 0.05) is 19.7 Å². The van der Waals surface area contributed by atoms with Gasteiger partial charge in [0.05, 0.1) is 34.3 Å². The normalized spacial score (nSPS) is 10.2. The van der Waals surface area contributed by atoms with Crippen molar-refractivity contribution in [2.45, 2.75) is 20.8 Å². The monoisotopic (exact) mass is 466 g/mol. The van der Waals surface area contributed by atoms with Crippen LogP contribution in [0.4, 0.5) is 16.4 Å². The van der Waals surface area contributed by atoms with E-state index >= 15 is 0 Å². The van der Waals surface area contributed by atoms with Crippen molar-refractivity contribution in [1.29, 1.82) is 0 Å². The van der Waals surface area contributed by atoms with Crippen molar-refractivity contribution in [2.75, 3.05) is 36.1 Å². The summed E-state index contributed by atoms with van der Waals surface area (Å²) in [6.07, 6.45) is 0. The van der Waals surface area contributed by atoms with E-state index in [1.807, 2.05) is 0 Å². The fourth-order valence-corrected chi connectivity index (χ4v) is 4.01. The molecule has 0 spiro atoms. The average molecular weight is 467 g/mol. The van der Waals surface area contributed by atoms with Gasteiger partial charge in [-0.05, 0) is 37.6 Å². The first-order valence-electron chi connectivity index (χ1n) is 9.31. The zero-order valence-corrected chi connectivity index (χ0v) is 19.0. The van der Waals surface area contributed by atoms with Gasteiger partial charge in [0.1, 0.15) is 5.00 Å². The summed E-state index contributed by atoms with van der Waals surface area (Å²) in [5.41, 5.74) is 1.54. The minimum absolute atomic E-state index is 0.143. The Bertz CT molecular complexity index is 1020. The summed E-state index contributed by atoms with van der Waals surface area (Å²) in [6.45, 7) is 4.65. The highest BCUT2D eigenvalue weighted by molar-refractivity contribution is 7.18. The van der Waals surface area contributed by atoms with Gasteiger partial charge in [-0.3, -0.25) is 14.4 Å². The van der Waals surface area contributed by atoms with Gasteiger partial charge in [-0.1, -0.05) is 11.6 Å². The molecule has 0 aliphatic rings. The number of ether oxygens (including phenoxy) is 1. The van der Waals surface area contributed by atoms with Crippen LogP contribution in [0.3, 0.4) is 0 Å². The molecule has 0 unspecified atom stereocenters. The molecule has 0 fully saturated rings. The van der Waals surface area contributed by atoms with Crippen molar-refractivity contribution >= 4 is 63.0 Å². The number of hydrogen-bond acceptors (Lipinski definition) is 7. The maximum absolute atomic E-state index is 12.5. The van der Waals surface area contributed by atoms with E-state index < -0.39 is 11.9 Å². The molecule has 0 saturated carbocycles. The molecule has 0 radical (unpaired) electrons. The lowest BCUT2D eigenvalue weighted by atomic mass is 10.1. The fraction of sp³-hybridized carbons (Fsp3) is 0.300. The Morgan fingerprint density at radius 1 is 1.16 bits per heavy atom. The third-order valence-corrected chi connectivity index (χ3v) is 5.57. The molecular weight excluding hydrogens is 444 g/mol. The lowest BCUT2D eigenvalue weighted by molar-refractivity contribution is -0.115. The zero-order valence-electron chi connectivity index (χ0n) is 17.5. The molecule has 3 amide bonds. The lowest BCUT2D eigenvalue weighted by Crippen LogP contribution is -2.22. The molecule has 0 saturated heterocycles. The van der Waals surface area contributed by atoms with E-state index in [9.17, 15) is 19.2 Å². The van der Waals surface area contributed by atoms with E-state index in [1.54, 1.807) is 32.0 Å². The van der Waals surface area contributed by atoms with Gasteiger partial charge in [0.25, 0.3) is 5.91 Å². The van der Waals surface area contributed by atoms with Gasteiger partial charge in [-0.2, -0.15) is 0 Å². The van der Waals surface area contributed by atoms with Crippen molar-refractivity contribution in [3.05, 3.63) is 39.2 Å². The summed E-state index contributed by atoms with van der Waals surface area (Å²) < 4.78 is 5.06. The molecule has 0 aliphatic heterocycles. The minimum Gasteiger partial charge on any atom is -0.462 e. The minimum atomic E-state index is -0.624. The highest BCUT2D eigenvalue weighted by Crippen LogP contribution is 2.34. The highest BCUT2D eigenvalue weighted by Gasteiger charge is 2.26. The quantitative estimate of drug-likeness (QED) is 0.442. The second-order valence-electron chi connectivity index (χ2n) is 6.34. The predicted octanol–water partition coefficient (Wildman–Crippen LogP) is 3.26. The summed E-state index contributed by atoms with van der Waals surface area (Å²) in [4.78, 5) is 48.5. The zero-order chi connectivity index (χ0) is 23.1. The molecule has 4 N–H and O–H groups in total. The van der Waals surface area contributed by atoms with Crippen LogP contribution in [-0.4, -0.2) is 43.9 Å². The van der Waals surface area contributed by atoms with Crippen LogP contribution in [0, 0.1) is 6.92 Å². The largest absolute Gasteiger partial charge is 0.462 e. The molecular formula is C20H23ClN4O5S. The maximum Gasteiger partial charge on any atom is 0.341 e. The Morgan fingerprint density at radius 2 is 1.87 bits per heavy atom. The Morgan fingerprint density at radius 3 is 2.48 bits per heavy atom. The van der Waals surface area contributed by atoms with Crippen LogP contribution in [0.1, 0.15) is 39.4 Å². The number of carbonyl (C=O) groups is 4. The standard InChI is InChI=1S/C20H23ClN4O5S/c1-5-30-20(29)16-10(2)17(18(28)22-4)31-19(16)25-15(27)9-23-14-8-12(24-11(3)26)6-7-13(14)21/h6-8,23H,5,9H2,1-4H3,(H,22,28)(H,24,26)(H,25,27). The molecule has 11 heteroatoms. The van der Waals surface area contributed by atoms with Gasteiger partial charge in [-0.25, -0.2) is 4.79 Å². The number of benzene rings is 1. The van der Waals surface area contributed by atoms with Gasteiger partial charge in [0.15, 0.2) is 0 Å². The molecule has 166 valence electrons. The second kappa shape index (κ2) is 10.8. The van der Waals surface area contributed by atoms with Gasteiger partial charge in [0.2, 0.25) is 11.8 Å². The molecule has 1 aromatic heterocycles. The molecule has 2 aromatic rings. The molecule has 1 aromatic carbocycles. The molecule has 2 rings (SSSR count). The first-order chi connectivity index (χ1) is 14.7. The number of halogens is 1. The van der Waals surface area contributed by atoms with Crippen LogP contribution in [0.5, 0.6) is 0 Å². The molecule has 0 bridgehead atoms. The summed E-state index contributed by atoms with van der Waals surface area (Å²) in [5, 5.41) is 11.3. The second-order valence-corrected chi connectivity index (χ2v) is 7.77. The van der Waals surface area contributed by atoms with Crippen LogP contribution in [0.2, 0.25) is 5.02 Å². The number of thiophene rings is 1. The van der Waals surface area contributed by atoms with Crippen molar-refractivity contribution in [1.82, 2.24) is 5.32 Å². The number of carbonyl (C=O) groups excluding carboxylic acids is 4. The topological polar surface area (TPSA) is 126 Å². The Hall–Kier alpha value is -3.11. The van der Waals surface area contributed by atoms with Crippen molar-refractivity contribution in [3.63, 3.8) is 0 Å². The van der Waals surface area contributed by atoms with Gasteiger partial charge < -0.3 is 26.0 Å². The van der Waals surface area contributed by atoms with E-state index in [0.717, 1.165) is 11.3 Å². The van der Waals surface area contributed by atoms with Crippen molar-refractivity contribution < 1.29 is 23.9 Å². The smallest absolute Gasteiger partial charge is 0.341 e. The van der Waals surface area contributed by atoms with Gasteiger partial charge >= 0.3 is 5.97 Å². The van der Waals surface area contributed by atoms with Crippen LogP contribution >= 0.6 is 22.9 Å². The Labute approximate surface area is 188 Å². The van der Waals surface area contributed by atoms with Crippen LogP contribution in [0.15, 0.2) is 18.2 Å². The van der Waals surface area contributed by atoms with E-state index in [4.69, 9.17) is 16.3 Å². The summed E-state index contributed by atoms with van der Waals surface area (Å²) in [7, 11) is 1.48. The molecule has 1 heterocycles. The van der Waals surface area contributed by atoms with E-state index in [2.05, 4.69) is 21.3 Å². The number of esters is 1. The Kier molecular flexibility index (Phi) is 8.40. The fourth-order valence-electron chi connectivity index (χ4n) is 2.67. The van der Waals surface area contributed by atoms with Crippen LogP contribution < -0.4 is 21.3 Å². The highest BCUT2D eigenvalue weighted by atomic mass is 35.5. The van der Waals surface area contributed by atoms with Gasteiger partial charge in [-0.15, -0.1) is 11.3 Å². The number of hydrogen-bond donors (Lipinski definition) is 4. The Balaban J connectivity index is 2.19. The van der Waals surface area contributed by atoms with E-state index in [0.29, 0.717) is 26.8 Å². The molecule has 31 heavy (non-hydrogen) atoms. The lowest BCUT2D eigenvalue weighted by Gasteiger charge is -2.11. The van der Waals surface area contributed by atoms with E-state index in [1.165, 1.54) is 14.0 Å². The van der Waals surface area contributed by atoms with Crippen LogP contribution in [0.25, 0.3) is 0 Å². The molecule has 9 nitrogen and oxygen atoms in total. The van der Waals surface area contributed by atoms with Crippen molar-refractivity contribution in [2.24, 2.45) is 0 Å². The average Bonchev–Trinajstić information content (AvgIpc) is 3.03. The maximum atomic E-state index is 12.5. The number of rotatable bonds is 8. The van der Waals surface area contributed by atoms with E-state index in [-0.39, 0.29) is 35.5 Å².